The van der Waals surface area contributed by atoms with Crippen LogP contribution in [-0.2, 0) is 4.79 Å². The molecule has 0 radical (unpaired) electrons. The Morgan fingerprint density at radius 1 is 1.20 bits per heavy atom. The highest BCUT2D eigenvalue weighted by molar-refractivity contribution is 6.03. The number of carbonyl (C=O) groups excluding carboxylic acids is 1. The minimum atomic E-state index is -0.744. The zero-order chi connectivity index (χ0) is 14.1. The van der Waals surface area contributed by atoms with Crippen LogP contribution in [-0.4, -0.2) is 29.1 Å². The average molecular weight is 269 g/mol. The van der Waals surface area contributed by atoms with Crippen molar-refractivity contribution in [2.45, 2.75) is 6.04 Å². The molecular weight excluding hydrogens is 254 g/mol. The Bertz CT molecular complexity index is 657. The Balaban J connectivity index is 2.28. The van der Waals surface area contributed by atoms with Crippen molar-refractivity contribution in [3.63, 3.8) is 0 Å². The lowest BCUT2D eigenvalue weighted by Gasteiger charge is -2.22. The molecule has 5 nitrogen and oxygen atoms in total. The molecule has 1 aliphatic heterocycles. The summed E-state index contributed by atoms with van der Waals surface area (Å²) < 4.78 is 0. The molecule has 0 fully saturated rings. The van der Waals surface area contributed by atoms with Gasteiger partial charge in [-0.05, 0) is 23.3 Å². The number of aliphatic hydroxyl groups is 1. The van der Waals surface area contributed by atoms with Crippen LogP contribution < -0.4 is 10.6 Å². The monoisotopic (exact) mass is 269 g/mol. The average Bonchev–Trinajstić information content (AvgIpc) is 2.58. The van der Waals surface area contributed by atoms with Crippen LogP contribution in [0, 0.1) is 0 Å². The number of amides is 1. The summed E-state index contributed by atoms with van der Waals surface area (Å²) in [6, 6.07) is 10.6. The quantitative estimate of drug-likeness (QED) is 0.855. The first-order chi connectivity index (χ1) is 9.74. The van der Waals surface area contributed by atoms with Crippen LogP contribution in [0.4, 0.5) is 5.82 Å². The number of aromatic nitrogens is 1. The number of rotatable bonds is 2. The maximum Gasteiger partial charge on any atom is 0.249 e. The molecule has 5 heteroatoms. The van der Waals surface area contributed by atoms with Crippen LogP contribution in [0.3, 0.4) is 0 Å². The van der Waals surface area contributed by atoms with E-state index >= 15 is 0 Å². The van der Waals surface area contributed by atoms with Gasteiger partial charge in [0.15, 0.2) is 0 Å². The van der Waals surface area contributed by atoms with Gasteiger partial charge in [-0.25, -0.2) is 4.98 Å². The zero-order valence-corrected chi connectivity index (χ0v) is 10.9. The number of aliphatic hydroxyl groups excluding tert-OH is 1. The van der Waals surface area contributed by atoms with Crippen molar-refractivity contribution in [2.24, 2.45) is 5.73 Å². The minimum absolute atomic E-state index is 0.134. The molecule has 1 aromatic carbocycles. The summed E-state index contributed by atoms with van der Waals surface area (Å²) in [7, 11) is 0. The molecule has 0 aliphatic carbocycles. The van der Waals surface area contributed by atoms with Crippen LogP contribution in [0.15, 0.2) is 42.6 Å². The number of β-amino-alcohol motifs (C(OH)–C–C–N with tert-alkyl or cyclic N) is 1. The van der Waals surface area contributed by atoms with E-state index in [2.05, 4.69) is 4.98 Å². The van der Waals surface area contributed by atoms with Gasteiger partial charge in [-0.2, -0.15) is 0 Å². The third-order valence-corrected chi connectivity index (χ3v) is 3.48. The standard InChI is InChI=1S/C15H15N3O2/c16-13-11-5-2-1-4-10(11)12-6-3-7-17-14(12)18(8-9-19)15(13)20/h1-7,13,19H,8-9,16H2/t13-/m0/s1. The molecule has 1 amide bonds. The lowest BCUT2D eigenvalue weighted by molar-refractivity contribution is -0.120. The fourth-order valence-corrected chi connectivity index (χ4v) is 2.56. The van der Waals surface area contributed by atoms with Crippen molar-refractivity contribution < 1.29 is 9.90 Å². The van der Waals surface area contributed by atoms with Gasteiger partial charge in [0.05, 0.1) is 13.2 Å². The van der Waals surface area contributed by atoms with Gasteiger partial charge in [0.25, 0.3) is 0 Å². The Hall–Kier alpha value is -2.24. The molecule has 20 heavy (non-hydrogen) atoms. The molecule has 102 valence electrons. The van der Waals surface area contributed by atoms with Gasteiger partial charge in [0, 0.05) is 11.8 Å². The normalized spacial score (nSPS) is 17.4. The predicted molar refractivity (Wildman–Crippen MR) is 76.0 cm³/mol. The topological polar surface area (TPSA) is 79.5 Å². The lowest BCUT2D eigenvalue weighted by atomic mass is 9.97. The molecule has 1 atom stereocenters. The van der Waals surface area contributed by atoms with Gasteiger partial charge in [-0.3, -0.25) is 9.69 Å². The van der Waals surface area contributed by atoms with Gasteiger partial charge in [0.2, 0.25) is 5.91 Å². The molecule has 0 spiro atoms. The molecular formula is C15H15N3O2. The summed E-state index contributed by atoms with van der Waals surface area (Å²) in [4.78, 5) is 18.3. The number of hydrogen-bond acceptors (Lipinski definition) is 4. The summed E-state index contributed by atoms with van der Waals surface area (Å²) >= 11 is 0. The van der Waals surface area contributed by atoms with E-state index in [9.17, 15) is 9.90 Å². The second-order valence-electron chi connectivity index (χ2n) is 4.65. The zero-order valence-electron chi connectivity index (χ0n) is 10.9. The van der Waals surface area contributed by atoms with E-state index in [0.717, 1.165) is 16.7 Å². The largest absolute Gasteiger partial charge is 0.395 e. The summed E-state index contributed by atoms with van der Waals surface area (Å²) in [5.74, 6) is 0.302. The van der Waals surface area contributed by atoms with Crippen molar-refractivity contribution in [1.29, 1.82) is 0 Å². The number of anilines is 1. The maximum absolute atomic E-state index is 12.5. The Morgan fingerprint density at radius 3 is 2.75 bits per heavy atom. The van der Waals surface area contributed by atoms with Gasteiger partial charge >= 0.3 is 0 Å². The van der Waals surface area contributed by atoms with E-state index in [0.29, 0.717) is 5.82 Å². The SMILES string of the molecule is N[C@@H]1C(=O)N(CCO)c2ncccc2-c2ccccc21. The second kappa shape index (κ2) is 5.03. The highest BCUT2D eigenvalue weighted by atomic mass is 16.3. The van der Waals surface area contributed by atoms with Gasteiger partial charge in [-0.1, -0.05) is 24.3 Å². The van der Waals surface area contributed by atoms with Crippen molar-refractivity contribution in [3.8, 4) is 11.1 Å². The van der Waals surface area contributed by atoms with Crippen LogP contribution in [0.2, 0.25) is 0 Å². The first kappa shape index (κ1) is 12.8. The number of pyridine rings is 1. The van der Waals surface area contributed by atoms with Crippen LogP contribution in [0.25, 0.3) is 11.1 Å². The van der Waals surface area contributed by atoms with E-state index in [-0.39, 0.29) is 19.1 Å². The third kappa shape index (κ3) is 1.88. The van der Waals surface area contributed by atoms with E-state index in [1.165, 1.54) is 4.90 Å². The van der Waals surface area contributed by atoms with Crippen molar-refractivity contribution in [3.05, 3.63) is 48.2 Å². The number of benzene rings is 1. The third-order valence-electron chi connectivity index (χ3n) is 3.48. The first-order valence-corrected chi connectivity index (χ1v) is 6.46. The van der Waals surface area contributed by atoms with E-state index in [4.69, 9.17) is 5.73 Å². The van der Waals surface area contributed by atoms with Crippen LogP contribution >= 0.6 is 0 Å². The van der Waals surface area contributed by atoms with Gasteiger partial charge < -0.3 is 10.8 Å². The van der Waals surface area contributed by atoms with Gasteiger partial charge in [-0.15, -0.1) is 0 Å². The molecule has 3 N–H and O–H groups in total. The highest BCUT2D eigenvalue weighted by Crippen LogP contribution is 2.37. The first-order valence-electron chi connectivity index (χ1n) is 6.46. The summed E-state index contributed by atoms with van der Waals surface area (Å²) in [5.41, 5.74) is 8.65. The second-order valence-corrected chi connectivity index (χ2v) is 4.65. The summed E-state index contributed by atoms with van der Waals surface area (Å²) in [6.45, 7) is 0.0509. The van der Waals surface area contributed by atoms with Crippen molar-refractivity contribution in [2.75, 3.05) is 18.1 Å². The fourth-order valence-electron chi connectivity index (χ4n) is 2.56. The van der Waals surface area contributed by atoms with E-state index in [1.54, 1.807) is 6.20 Å². The van der Waals surface area contributed by atoms with Gasteiger partial charge in [0.1, 0.15) is 11.9 Å². The van der Waals surface area contributed by atoms with E-state index in [1.807, 2.05) is 36.4 Å². The number of nitrogens with zero attached hydrogens (tertiary/aromatic N) is 2. The highest BCUT2D eigenvalue weighted by Gasteiger charge is 2.31. The number of carbonyl (C=O) groups is 1. The minimum Gasteiger partial charge on any atom is -0.395 e. The van der Waals surface area contributed by atoms with Crippen LogP contribution in [0.5, 0.6) is 0 Å². The Labute approximate surface area is 116 Å². The molecule has 2 heterocycles. The number of fused-ring (bicyclic) bond motifs is 3. The molecule has 1 aromatic heterocycles. The molecule has 3 rings (SSSR count). The molecule has 0 saturated carbocycles. The molecule has 0 unspecified atom stereocenters. The Kier molecular flexibility index (Phi) is 3.22. The van der Waals surface area contributed by atoms with Crippen LogP contribution in [0.1, 0.15) is 11.6 Å². The lowest BCUT2D eigenvalue weighted by Crippen LogP contribution is -2.40. The molecule has 0 bridgehead atoms. The van der Waals surface area contributed by atoms with E-state index < -0.39 is 6.04 Å². The molecule has 1 aliphatic rings. The summed E-state index contributed by atoms with van der Waals surface area (Å²) in [6.07, 6.45) is 1.63. The fraction of sp³-hybridized carbons (Fsp3) is 0.200. The van der Waals surface area contributed by atoms with Crippen molar-refractivity contribution >= 4 is 11.7 Å². The predicted octanol–water partition coefficient (Wildman–Crippen LogP) is 1.09. The maximum atomic E-state index is 12.5. The number of hydrogen-bond donors (Lipinski definition) is 2. The Morgan fingerprint density at radius 2 is 1.95 bits per heavy atom. The smallest absolute Gasteiger partial charge is 0.249 e. The molecule has 0 saturated heterocycles. The molecule has 2 aromatic rings. The van der Waals surface area contributed by atoms with Crippen molar-refractivity contribution in [1.82, 2.24) is 4.98 Å². The summed E-state index contributed by atoms with van der Waals surface area (Å²) in [5, 5.41) is 9.19. The number of nitrogens with two attached hydrogens (primary N) is 1.